The summed E-state index contributed by atoms with van der Waals surface area (Å²) in [6, 6.07) is 26.6. The van der Waals surface area contributed by atoms with Crippen molar-refractivity contribution in [3.8, 4) is 5.75 Å². The summed E-state index contributed by atoms with van der Waals surface area (Å²) in [6.45, 7) is 3.54. The highest BCUT2D eigenvalue weighted by molar-refractivity contribution is 8.00. The molecule has 3 aromatic carbocycles. The van der Waals surface area contributed by atoms with E-state index in [1.54, 1.807) is 26.0 Å². The summed E-state index contributed by atoms with van der Waals surface area (Å²) >= 11 is 1.76. The fraction of sp³-hybridized carbons (Fsp3) is 0.357. The lowest BCUT2D eigenvalue weighted by Gasteiger charge is -2.24. The van der Waals surface area contributed by atoms with Crippen LogP contribution >= 0.6 is 11.8 Å². The fourth-order valence-electron chi connectivity index (χ4n) is 3.89. The summed E-state index contributed by atoms with van der Waals surface area (Å²) in [5, 5.41) is 0.0206. The van der Waals surface area contributed by atoms with Crippen molar-refractivity contribution in [1.29, 1.82) is 0 Å². The molecule has 6 heteroatoms. The van der Waals surface area contributed by atoms with Gasteiger partial charge in [-0.1, -0.05) is 60.2 Å². The van der Waals surface area contributed by atoms with E-state index in [-0.39, 0.29) is 17.5 Å². The Morgan fingerprint density at radius 1 is 0.824 bits per heavy atom. The van der Waals surface area contributed by atoms with E-state index in [1.165, 1.54) is 10.5 Å². The summed E-state index contributed by atoms with van der Waals surface area (Å²) in [4.78, 5) is 1.17. The van der Waals surface area contributed by atoms with E-state index >= 15 is 0 Å². The molecule has 0 spiro atoms. The topological polar surface area (TPSA) is 46.2 Å². The highest BCUT2D eigenvalue weighted by Crippen LogP contribution is 2.38. The van der Waals surface area contributed by atoms with Crippen LogP contribution in [-0.4, -0.2) is 44.6 Å². The molecule has 1 heterocycles. The molecule has 0 amide bonds. The Bertz CT molecular complexity index is 994. The Morgan fingerprint density at radius 2 is 1.53 bits per heavy atom. The monoisotopic (exact) mass is 480 g/mol. The summed E-state index contributed by atoms with van der Waals surface area (Å²) in [7, 11) is 3.33. The largest absolute Gasteiger partial charge is 0.497 e. The van der Waals surface area contributed by atoms with Gasteiger partial charge in [0.1, 0.15) is 11.9 Å². The number of hydrogen-bond acceptors (Lipinski definition) is 6. The molecular formula is C28H32O5S. The molecule has 5 nitrogen and oxygen atoms in total. The molecule has 34 heavy (non-hydrogen) atoms. The number of thioether (sulfide) groups is 1. The molecular weight excluding hydrogens is 448 g/mol. The predicted octanol–water partition coefficient (Wildman–Crippen LogP) is 5.64. The molecule has 0 bridgehead atoms. The third kappa shape index (κ3) is 6.62. The van der Waals surface area contributed by atoms with Crippen molar-refractivity contribution in [1.82, 2.24) is 0 Å². The van der Waals surface area contributed by atoms with Gasteiger partial charge >= 0.3 is 0 Å². The van der Waals surface area contributed by atoms with Crippen molar-refractivity contribution in [2.24, 2.45) is 0 Å². The number of aryl methyl sites for hydroxylation is 1. The normalized spacial score (nSPS) is 22.1. The van der Waals surface area contributed by atoms with Gasteiger partial charge < -0.3 is 23.7 Å². The first-order chi connectivity index (χ1) is 16.7. The molecule has 0 saturated carbocycles. The zero-order valence-corrected chi connectivity index (χ0v) is 20.7. The first-order valence-corrected chi connectivity index (χ1v) is 12.3. The SMILES string of the molecule is COc1ccc(COC[C@H]2O[C@H](OC)[C@@H](OCc3ccccc3)[C@@H]2Sc2ccc(C)cc2)cc1. The lowest BCUT2D eigenvalue weighted by Crippen LogP contribution is -2.35. The maximum atomic E-state index is 6.38. The number of methoxy groups -OCH3 is 2. The summed E-state index contributed by atoms with van der Waals surface area (Å²) in [5.74, 6) is 0.832. The minimum Gasteiger partial charge on any atom is -0.497 e. The Hall–Kier alpha value is -2.35. The Morgan fingerprint density at radius 3 is 2.21 bits per heavy atom. The van der Waals surface area contributed by atoms with E-state index in [0.717, 1.165) is 16.9 Å². The van der Waals surface area contributed by atoms with Crippen molar-refractivity contribution in [2.45, 2.75) is 48.8 Å². The molecule has 0 N–H and O–H groups in total. The average molecular weight is 481 g/mol. The molecule has 4 atom stereocenters. The van der Waals surface area contributed by atoms with Crippen LogP contribution in [0.2, 0.25) is 0 Å². The first kappa shape index (κ1) is 24.8. The van der Waals surface area contributed by atoms with Crippen LogP contribution in [0.25, 0.3) is 0 Å². The van der Waals surface area contributed by atoms with Gasteiger partial charge in [0, 0.05) is 12.0 Å². The van der Waals surface area contributed by atoms with Crippen LogP contribution in [0, 0.1) is 6.92 Å². The molecule has 1 aliphatic heterocycles. The van der Waals surface area contributed by atoms with Crippen molar-refractivity contribution >= 4 is 11.8 Å². The van der Waals surface area contributed by atoms with Gasteiger partial charge in [-0.05, 0) is 42.3 Å². The lowest BCUT2D eigenvalue weighted by atomic mass is 10.2. The fourth-order valence-corrected chi connectivity index (χ4v) is 5.13. The summed E-state index contributed by atoms with van der Waals surface area (Å²) in [5.41, 5.74) is 3.44. The highest BCUT2D eigenvalue weighted by atomic mass is 32.2. The first-order valence-electron chi connectivity index (χ1n) is 11.4. The van der Waals surface area contributed by atoms with Crippen LogP contribution in [0.1, 0.15) is 16.7 Å². The van der Waals surface area contributed by atoms with Crippen LogP contribution in [0.5, 0.6) is 5.75 Å². The number of hydrogen-bond donors (Lipinski definition) is 0. The minimum absolute atomic E-state index is 0.0206. The van der Waals surface area contributed by atoms with E-state index in [1.807, 2.05) is 42.5 Å². The van der Waals surface area contributed by atoms with Crippen LogP contribution in [-0.2, 0) is 32.2 Å². The van der Waals surface area contributed by atoms with Gasteiger partial charge in [0.05, 0.1) is 38.3 Å². The highest BCUT2D eigenvalue weighted by Gasteiger charge is 2.46. The second-order valence-corrected chi connectivity index (χ2v) is 9.55. The van der Waals surface area contributed by atoms with Crippen molar-refractivity contribution < 1.29 is 23.7 Å². The zero-order valence-electron chi connectivity index (χ0n) is 19.9. The maximum Gasteiger partial charge on any atom is 0.185 e. The molecule has 1 fully saturated rings. The van der Waals surface area contributed by atoms with Gasteiger partial charge in [-0.3, -0.25) is 0 Å². The third-order valence-electron chi connectivity index (χ3n) is 5.79. The predicted molar refractivity (Wildman–Crippen MR) is 134 cm³/mol. The molecule has 3 aromatic rings. The Labute approximate surface area is 206 Å². The molecule has 180 valence electrons. The van der Waals surface area contributed by atoms with Gasteiger partial charge in [-0.25, -0.2) is 0 Å². The van der Waals surface area contributed by atoms with Gasteiger partial charge in [-0.2, -0.15) is 0 Å². The Kier molecular flexibility index (Phi) is 9.02. The third-order valence-corrected chi connectivity index (χ3v) is 7.18. The van der Waals surface area contributed by atoms with Crippen LogP contribution in [0.15, 0.2) is 83.8 Å². The number of rotatable bonds is 11. The second kappa shape index (κ2) is 12.4. The molecule has 0 unspecified atom stereocenters. The molecule has 0 radical (unpaired) electrons. The second-order valence-electron chi connectivity index (χ2n) is 8.30. The standard InChI is InChI=1S/C28H32O5S/c1-20-9-15-24(16-10-20)34-27-25(19-31-17-22-11-13-23(29-2)14-12-22)33-28(30-3)26(27)32-18-21-7-5-4-6-8-21/h4-16,25-28H,17-19H2,1-3H3/t25-,26+,27-,28+/m1/s1. The van der Waals surface area contributed by atoms with E-state index in [0.29, 0.717) is 19.8 Å². The summed E-state index contributed by atoms with van der Waals surface area (Å²) < 4.78 is 29.7. The Balaban J connectivity index is 1.45. The van der Waals surface area contributed by atoms with Crippen LogP contribution in [0.4, 0.5) is 0 Å². The van der Waals surface area contributed by atoms with E-state index in [9.17, 15) is 0 Å². The minimum atomic E-state index is -0.457. The number of benzene rings is 3. The smallest absolute Gasteiger partial charge is 0.185 e. The van der Waals surface area contributed by atoms with Crippen molar-refractivity contribution in [3.63, 3.8) is 0 Å². The van der Waals surface area contributed by atoms with Crippen LogP contribution in [0.3, 0.4) is 0 Å². The molecule has 0 aromatic heterocycles. The molecule has 4 rings (SSSR count). The van der Waals surface area contributed by atoms with E-state index in [4.69, 9.17) is 23.7 Å². The van der Waals surface area contributed by atoms with Gasteiger partial charge in [0.25, 0.3) is 0 Å². The van der Waals surface area contributed by atoms with Gasteiger partial charge in [0.15, 0.2) is 6.29 Å². The quantitative estimate of drug-likeness (QED) is 0.354. The van der Waals surface area contributed by atoms with E-state index in [2.05, 4.69) is 43.3 Å². The van der Waals surface area contributed by atoms with Crippen molar-refractivity contribution in [3.05, 3.63) is 95.6 Å². The van der Waals surface area contributed by atoms with Crippen molar-refractivity contribution in [2.75, 3.05) is 20.8 Å². The molecule has 0 aliphatic carbocycles. The van der Waals surface area contributed by atoms with E-state index < -0.39 is 6.29 Å². The maximum absolute atomic E-state index is 6.38. The lowest BCUT2D eigenvalue weighted by molar-refractivity contribution is -0.169. The molecule has 1 saturated heterocycles. The zero-order chi connectivity index (χ0) is 23.8. The van der Waals surface area contributed by atoms with Gasteiger partial charge in [0.2, 0.25) is 0 Å². The summed E-state index contributed by atoms with van der Waals surface area (Å²) in [6.07, 6.45) is -0.859. The molecule has 1 aliphatic rings. The average Bonchev–Trinajstić information content (AvgIpc) is 3.21. The number of ether oxygens (including phenoxy) is 5. The van der Waals surface area contributed by atoms with Crippen LogP contribution < -0.4 is 4.74 Å². The van der Waals surface area contributed by atoms with Gasteiger partial charge in [-0.15, -0.1) is 11.8 Å².